The summed E-state index contributed by atoms with van der Waals surface area (Å²) < 4.78 is 26.2. The zero-order valence-corrected chi connectivity index (χ0v) is 11.0. The highest BCUT2D eigenvalue weighted by atomic mass is 32.2. The molecule has 92 valence electrons. The molecule has 0 N–H and O–H groups in total. The Morgan fingerprint density at radius 1 is 1.00 bits per heavy atom. The molecular formula is C14H13NO2S. The predicted octanol–water partition coefficient (Wildman–Crippen LogP) is 2.80. The maximum Gasteiger partial charge on any atom is 0.264 e. The summed E-state index contributed by atoms with van der Waals surface area (Å²) in [6.45, 7) is 1.97. The average molecular weight is 259 g/mol. The Kier molecular flexibility index (Phi) is 2.25. The number of benzene rings is 2. The standard InChI is InChI=1S/C14H13NO2S/c1-10-7-8-14-12(9-10)11-5-3-4-6-13(11)15(2)18(14,16)17/h3-9H,1-2H3. The van der Waals surface area contributed by atoms with Crippen molar-refractivity contribution in [2.75, 3.05) is 11.4 Å². The van der Waals surface area contributed by atoms with Crippen molar-refractivity contribution in [3.8, 4) is 11.1 Å². The molecular weight excluding hydrogens is 246 g/mol. The van der Waals surface area contributed by atoms with Gasteiger partial charge in [-0.1, -0.05) is 29.8 Å². The summed E-state index contributed by atoms with van der Waals surface area (Å²) >= 11 is 0. The van der Waals surface area contributed by atoms with Crippen LogP contribution >= 0.6 is 0 Å². The van der Waals surface area contributed by atoms with Gasteiger partial charge in [0, 0.05) is 18.2 Å². The van der Waals surface area contributed by atoms with Crippen LogP contribution in [-0.2, 0) is 10.0 Å². The van der Waals surface area contributed by atoms with Crippen molar-refractivity contribution in [2.24, 2.45) is 0 Å². The lowest BCUT2D eigenvalue weighted by molar-refractivity contribution is 0.594. The molecule has 0 radical (unpaired) electrons. The van der Waals surface area contributed by atoms with Gasteiger partial charge in [-0.15, -0.1) is 0 Å². The molecule has 0 aliphatic carbocycles. The summed E-state index contributed by atoms with van der Waals surface area (Å²) in [5, 5.41) is 0. The molecule has 1 aliphatic rings. The molecule has 4 heteroatoms. The Morgan fingerprint density at radius 3 is 2.50 bits per heavy atom. The van der Waals surface area contributed by atoms with Gasteiger partial charge in [0.15, 0.2) is 0 Å². The van der Waals surface area contributed by atoms with Crippen LogP contribution in [0.5, 0.6) is 0 Å². The van der Waals surface area contributed by atoms with Gasteiger partial charge in [-0.25, -0.2) is 8.42 Å². The fourth-order valence-corrected chi connectivity index (χ4v) is 3.73. The average Bonchev–Trinajstić information content (AvgIpc) is 2.36. The van der Waals surface area contributed by atoms with E-state index < -0.39 is 10.0 Å². The Bertz CT molecular complexity index is 735. The van der Waals surface area contributed by atoms with Crippen LogP contribution < -0.4 is 4.31 Å². The first-order chi connectivity index (χ1) is 8.51. The number of sulfonamides is 1. The van der Waals surface area contributed by atoms with E-state index in [2.05, 4.69) is 0 Å². The number of fused-ring (bicyclic) bond motifs is 3. The molecule has 2 aromatic carbocycles. The molecule has 0 spiro atoms. The van der Waals surface area contributed by atoms with E-state index in [1.807, 2.05) is 43.3 Å². The number of anilines is 1. The molecule has 0 saturated carbocycles. The normalized spacial score (nSPS) is 16.0. The van der Waals surface area contributed by atoms with Gasteiger partial charge in [0.1, 0.15) is 0 Å². The summed E-state index contributed by atoms with van der Waals surface area (Å²) in [4.78, 5) is 0.384. The molecule has 0 atom stereocenters. The minimum Gasteiger partial charge on any atom is -0.269 e. The van der Waals surface area contributed by atoms with Crippen LogP contribution in [0.1, 0.15) is 5.56 Å². The van der Waals surface area contributed by atoms with Crippen molar-refractivity contribution in [1.82, 2.24) is 0 Å². The minimum atomic E-state index is -3.42. The molecule has 2 aromatic rings. The van der Waals surface area contributed by atoms with E-state index in [9.17, 15) is 8.42 Å². The molecule has 0 fully saturated rings. The fourth-order valence-electron chi connectivity index (χ4n) is 2.33. The van der Waals surface area contributed by atoms with Gasteiger partial charge in [-0.05, 0) is 25.1 Å². The van der Waals surface area contributed by atoms with Crippen LogP contribution in [-0.4, -0.2) is 15.5 Å². The molecule has 18 heavy (non-hydrogen) atoms. The maximum absolute atomic E-state index is 12.4. The van der Waals surface area contributed by atoms with Crippen molar-refractivity contribution >= 4 is 15.7 Å². The zero-order chi connectivity index (χ0) is 12.9. The number of aryl methyl sites for hydroxylation is 1. The van der Waals surface area contributed by atoms with Gasteiger partial charge in [0.05, 0.1) is 10.6 Å². The van der Waals surface area contributed by atoms with Gasteiger partial charge < -0.3 is 0 Å². The van der Waals surface area contributed by atoms with Crippen LogP contribution in [0.3, 0.4) is 0 Å². The van der Waals surface area contributed by atoms with E-state index in [0.29, 0.717) is 4.90 Å². The summed E-state index contributed by atoms with van der Waals surface area (Å²) in [7, 11) is -1.82. The van der Waals surface area contributed by atoms with Gasteiger partial charge >= 0.3 is 0 Å². The second-order valence-electron chi connectivity index (χ2n) is 4.49. The Balaban J connectivity index is 2.46. The van der Waals surface area contributed by atoms with Crippen LogP contribution in [0, 0.1) is 6.92 Å². The Hall–Kier alpha value is -1.81. The topological polar surface area (TPSA) is 37.4 Å². The van der Waals surface area contributed by atoms with Crippen molar-refractivity contribution in [3.05, 3.63) is 48.0 Å². The molecule has 0 unspecified atom stereocenters. The zero-order valence-electron chi connectivity index (χ0n) is 10.2. The summed E-state index contributed by atoms with van der Waals surface area (Å²) in [5.41, 5.74) is 3.55. The highest BCUT2D eigenvalue weighted by molar-refractivity contribution is 7.93. The minimum absolute atomic E-state index is 0.384. The maximum atomic E-state index is 12.4. The summed E-state index contributed by atoms with van der Waals surface area (Å²) in [6.07, 6.45) is 0. The van der Waals surface area contributed by atoms with Crippen molar-refractivity contribution < 1.29 is 8.42 Å². The Morgan fingerprint density at radius 2 is 1.72 bits per heavy atom. The van der Waals surface area contributed by atoms with E-state index in [-0.39, 0.29) is 0 Å². The number of rotatable bonds is 0. The van der Waals surface area contributed by atoms with E-state index in [4.69, 9.17) is 0 Å². The lowest BCUT2D eigenvalue weighted by Crippen LogP contribution is -2.30. The molecule has 0 saturated heterocycles. The predicted molar refractivity (Wildman–Crippen MR) is 72.2 cm³/mol. The highest BCUT2D eigenvalue weighted by Crippen LogP contribution is 2.42. The first-order valence-electron chi connectivity index (χ1n) is 5.71. The van der Waals surface area contributed by atoms with Crippen molar-refractivity contribution in [2.45, 2.75) is 11.8 Å². The highest BCUT2D eigenvalue weighted by Gasteiger charge is 2.31. The third-order valence-electron chi connectivity index (χ3n) is 3.31. The van der Waals surface area contributed by atoms with Gasteiger partial charge in [0.25, 0.3) is 10.0 Å². The molecule has 3 rings (SSSR count). The van der Waals surface area contributed by atoms with Crippen LogP contribution in [0.4, 0.5) is 5.69 Å². The number of hydrogen-bond donors (Lipinski definition) is 0. The van der Waals surface area contributed by atoms with Crippen LogP contribution in [0.25, 0.3) is 11.1 Å². The van der Waals surface area contributed by atoms with E-state index >= 15 is 0 Å². The first kappa shape index (κ1) is 11.3. The third kappa shape index (κ3) is 1.39. The number of para-hydroxylation sites is 1. The van der Waals surface area contributed by atoms with Crippen molar-refractivity contribution in [1.29, 1.82) is 0 Å². The summed E-state index contributed by atoms with van der Waals surface area (Å²) in [6, 6.07) is 13.0. The summed E-state index contributed by atoms with van der Waals surface area (Å²) in [5.74, 6) is 0. The van der Waals surface area contributed by atoms with E-state index in [1.54, 1.807) is 13.1 Å². The molecule has 1 aliphatic heterocycles. The Labute approximate surface area is 107 Å². The second-order valence-corrected chi connectivity index (χ2v) is 6.43. The van der Waals surface area contributed by atoms with Crippen molar-refractivity contribution in [3.63, 3.8) is 0 Å². The lowest BCUT2D eigenvalue weighted by Gasteiger charge is -2.29. The quantitative estimate of drug-likeness (QED) is 0.729. The monoisotopic (exact) mass is 259 g/mol. The van der Waals surface area contributed by atoms with E-state index in [0.717, 1.165) is 22.4 Å². The SMILES string of the molecule is Cc1ccc2c(c1)-c1ccccc1N(C)S2(=O)=O. The third-order valence-corrected chi connectivity index (χ3v) is 5.14. The molecule has 0 bridgehead atoms. The molecule has 0 aromatic heterocycles. The molecule has 1 heterocycles. The van der Waals surface area contributed by atoms with Crippen LogP contribution in [0.15, 0.2) is 47.4 Å². The second kappa shape index (κ2) is 3.59. The molecule has 3 nitrogen and oxygen atoms in total. The van der Waals surface area contributed by atoms with E-state index in [1.165, 1.54) is 4.31 Å². The van der Waals surface area contributed by atoms with Gasteiger partial charge in [-0.3, -0.25) is 4.31 Å². The fraction of sp³-hybridized carbons (Fsp3) is 0.143. The van der Waals surface area contributed by atoms with Crippen LogP contribution in [0.2, 0.25) is 0 Å². The molecule has 0 amide bonds. The van der Waals surface area contributed by atoms with Gasteiger partial charge in [0.2, 0.25) is 0 Å². The number of nitrogens with zero attached hydrogens (tertiary/aromatic N) is 1. The first-order valence-corrected chi connectivity index (χ1v) is 7.15. The number of hydrogen-bond acceptors (Lipinski definition) is 2. The lowest BCUT2D eigenvalue weighted by atomic mass is 10.0. The largest absolute Gasteiger partial charge is 0.269 e. The smallest absolute Gasteiger partial charge is 0.264 e. The van der Waals surface area contributed by atoms with Gasteiger partial charge in [-0.2, -0.15) is 0 Å².